The predicted molar refractivity (Wildman–Crippen MR) is 62.9 cm³/mol. The molecule has 0 unspecified atom stereocenters. The summed E-state index contributed by atoms with van der Waals surface area (Å²) in [5.74, 6) is 0. The number of rotatable bonds is 1. The summed E-state index contributed by atoms with van der Waals surface area (Å²) in [6, 6.07) is 14.8. The van der Waals surface area contributed by atoms with Gasteiger partial charge in [-0.1, -0.05) is 30.3 Å². The van der Waals surface area contributed by atoms with E-state index in [0.717, 1.165) is 0 Å². The summed E-state index contributed by atoms with van der Waals surface area (Å²) in [6.07, 6.45) is 0. The quantitative estimate of drug-likeness (QED) is 0.473. The van der Waals surface area contributed by atoms with Crippen LogP contribution in [0.1, 0.15) is 0 Å². The highest BCUT2D eigenvalue weighted by Gasteiger charge is 2.09. The van der Waals surface area contributed by atoms with Gasteiger partial charge in [0.15, 0.2) is 0 Å². The van der Waals surface area contributed by atoms with E-state index in [1.165, 1.54) is 16.5 Å². The van der Waals surface area contributed by atoms with Crippen LogP contribution in [0.4, 0.5) is 5.69 Å². The zero-order valence-electron chi connectivity index (χ0n) is 8.70. The highest BCUT2D eigenvalue weighted by Crippen LogP contribution is 2.28. The van der Waals surface area contributed by atoms with Gasteiger partial charge < -0.3 is 4.48 Å². The highest BCUT2D eigenvalue weighted by atomic mass is 15.3. The zero-order chi connectivity index (χ0) is 10.2. The average molecular weight is 185 g/mol. The maximum Gasteiger partial charge on any atom is 0.114 e. The van der Waals surface area contributed by atoms with Crippen LogP contribution >= 0.6 is 0 Å². The highest BCUT2D eigenvalue weighted by molar-refractivity contribution is 5.93. The molecule has 2 rings (SSSR count). The molecule has 0 N–H and O–H groups in total. The van der Waals surface area contributed by atoms with Crippen molar-refractivity contribution in [2.75, 3.05) is 14.1 Å². The summed E-state index contributed by atoms with van der Waals surface area (Å²) in [6.45, 7) is 0. The van der Waals surface area contributed by atoms with E-state index in [0.29, 0.717) is 4.48 Å². The first-order valence-electron chi connectivity index (χ1n) is 4.76. The number of nitrogens with zero attached hydrogens (tertiary/aromatic N) is 1. The smallest absolute Gasteiger partial charge is 0.114 e. The normalized spacial score (nSPS) is 11.9. The van der Waals surface area contributed by atoms with Gasteiger partial charge in [-0.2, -0.15) is 0 Å². The third-order valence-electron chi connectivity index (χ3n) is 2.42. The van der Waals surface area contributed by atoms with E-state index in [2.05, 4.69) is 63.6 Å². The summed E-state index contributed by atoms with van der Waals surface area (Å²) < 4.78 is 0.612. The monoisotopic (exact) mass is 185 g/mol. The van der Waals surface area contributed by atoms with E-state index in [1.807, 2.05) is 0 Å². The van der Waals surface area contributed by atoms with Crippen LogP contribution in [-0.4, -0.2) is 14.1 Å². The predicted octanol–water partition coefficient (Wildman–Crippen LogP) is 3.20. The van der Waals surface area contributed by atoms with Crippen molar-refractivity contribution in [2.24, 2.45) is 0 Å². The molecule has 0 aliphatic rings. The van der Waals surface area contributed by atoms with E-state index in [-0.39, 0.29) is 0 Å². The summed E-state index contributed by atoms with van der Waals surface area (Å²) in [5, 5.41) is 2.56. The molecule has 0 aliphatic heterocycles. The Morgan fingerprint density at radius 3 is 2.29 bits per heavy atom. The largest absolute Gasteiger partial charge is 0.428 e. The van der Waals surface area contributed by atoms with Crippen molar-refractivity contribution < 1.29 is 0 Å². The molecule has 1 heteroatoms. The van der Waals surface area contributed by atoms with Gasteiger partial charge in [0.2, 0.25) is 0 Å². The minimum atomic E-state index is 0.612. The van der Waals surface area contributed by atoms with Crippen LogP contribution in [0, 0.1) is 7.05 Å². The van der Waals surface area contributed by atoms with E-state index < -0.39 is 0 Å². The Morgan fingerprint density at radius 2 is 1.57 bits per heavy atom. The van der Waals surface area contributed by atoms with Gasteiger partial charge in [0.05, 0.1) is 0 Å². The van der Waals surface area contributed by atoms with Crippen LogP contribution in [0.3, 0.4) is 0 Å². The lowest BCUT2D eigenvalue weighted by molar-refractivity contribution is 0.537. The first kappa shape index (κ1) is 9.22. The Labute approximate surface area is 85.2 Å². The van der Waals surface area contributed by atoms with Crippen molar-refractivity contribution in [3.63, 3.8) is 0 Å². The average Bonchev–Trinajstić information content (AvgIpc) is 2.15. The summed E-state index contributed by atoms with van der Waals surface area (Å²) in [5.41, 5.74) is 1.25. The van der Waals surface area contributed by atoms with E-state index in [1.54, 1.807) is 0 Å². The lowest BCUT2D eigenvalue weighted by atomic mass is 10.1. The van der Waals surface area contributed by atoms with Gasteiger partial charge in [-0.25, -0.2) is 0 Å². The molecule has 0 aromatic heterocycles. The number of benzene rings is 2. The SMILES string of the molecule is [CH2-][N+](C)(C)c1cccc2ccccc12. The Hall–Kier alpha value is -1.34. The molecule has 2 aromatic rings. The first-order valence-corrected chi connectivity index (χ1v) is 4.76. The van der Waals surface area contributed by atoms with Crippen molar-refractivity contribution >= 4 is 16.5 Å². The van der Waals surface area contributed by atoms with Crippen LogP contribution in [-0.2, 0) is 0 Å². The number of hydrogen-bond donors (Lipinski definition) is 0. The molecule has 0 saturated heterocycles. The molecule has 0 amide bonds. The molecule has 0 fully saturated rings. The van der Waals surface area contributed by atoms with Crippen LogP contribution in [0.5, 0.6) is 0 Å². The standard InChI is InChI=1S/C13H15N/c1-14(2,3)13-10-6-8-11-7-4-5-9-12(11)13/h4-10H,1H2,2-3H3. The Morgan fingerprint density at radius 1 is 0.929 bits per heavy atom. The maximum atomic E-state index is 4.13. The molecule has 0 radical (unpaired) electrons. The second kappa shape index (κ2) is 3.10. The van der Waals surface area contributed by atoms with Crippen LogP contribution in [0.25, 0.3) is 10.8 Å². The van der Waals surface area contributed by atoms with Crippen molar-refractivity contribution in [1.82, 2.24) is 4.48 Å². The van der Waals surface area contributed by atoms with Gasteiger partial charge in [0, 0.05) is 19.5 Å². The molecule has 0 saturated carbocycles. The molecule has 0 bridgehead atoms. The number of quaternary nitrogens is 1. The lowest BCUT2D eigenvalue weighted by Crippen LogP contribution is -2.32. The van der Waals surface area contributed by atoms with Crippen molar-refractivity contribution in [3.05, 3.63) is 49.5 Å². The van der Waals surface area contributed by atoms with E-state index in [9.17, 15) is 0 Å². The maximum absolute atomic E-state index is 4.13. The van der Waals surface area contributed by atoms with E-state index in [4.69, 9.17) is 0 Å². The van der Waals surface area contributed by atoms with Gasteiger partial charge in [-0.15, -0.1) is 7.05 Å². The fraction of sp³-hybridized carbons (Fsp3) is 0.154. The topological polar surface area (TPSA) is 0 Å². The fourth-order valence-corrected chi connectivity index (χ4v) is 1.74. The second-order valence-electron chi connectivity index (χ2n) is 4.18. The van der Waals surface area contributed by atoms with Crippen LogP contribution < -0.4 is 4.48 Å². The Balaban J connectivity index is 2.78. The molecule has 72 valence electrons. The van der Waals surface area contributed by atoms with Gasteiger partial charge in [-0.3, -0.25) is 0 Å². The van der Waals surface area contributed by atoms with Crippen molar-refractivity contribution in [1.29, 1.82) is 0 Å². The Kier molecular flexibility index (Phi) is 2.05. The van der Waals surface area contributed by atoms with Gasteiger partial charge >= 0.3 is 0 Å². The lowest BCUT2D eigenvalue weighted by Gasteiger charge is -2.33. The Bertz CT molecular complexity index is 447. The molecule has 1 nitrogen and oxygen atoms in total. The number of fused-ring (bicyclic) bond motifs is 1. The van der Waals surface area contributed by atoms with Crippen molar-refractivity contribution in [2.45, 2.75) is 0 Å². The third kappa shape index (κ3) is 1.51. The fourth-order valence-electron chi connectivity index (χ4n) is 1.74. The molecule has 14 heavy (non-hydrogen) atoms. The number of hydrogen-bond acceptors (Lipinski definition) is 0. The molecule has 0 aliphatic carbocycles. The molecular formula is C13H15N. The second-order valence-corrected chi connectivity index (χ2v) is 4.18. The molecule has 0 atom stereocenters. The third-order valence-corrected chi connectivity index (χ3v) is 2.42. The molecule has 2 aromatic carbocycles. The summed E-state index contributed by atoms with van der Waals surface area (Å²) >= 11 is 0. The van der Waals surface area contributed by atoms with Gasteiger partial charge in [-0.05, 0) is 17.5 Å². The summed E-state index contributed by atoms with van der Waals surface area (Å²) in [7, 11) is 8.30. The van der Waals surface area contributed by atoms with E-state index >= 15 is 0 Å². The van der Waals surface area contributed by atoms with Crippen LogP contribution in [0.15, 0.2) is 42.5 Å². The minimum absolute atomic E-state index is 0.612. The first-order chi connectivity index (χ1) is 6.59. The van der Waals surface area contributed by atoms with Gasteiger partial charge in [0.25, 0.3) is 0 Å². The van der Waals surface area contributed by atoms with Crippen molar-refractivity contribution in [3.8, 4) is 0 Å². The summed E-state index contributed by atoms with van der Waals surface area (Å²) in [4.78, 5) is 0. The molecular weight excluding hydrogens is 170 g/mol. The minimum Gasteiger partial charge on any atom is -0.428 e. The molecule has 0 spiro atoms. The molecule has 0 heterocycles. The zero-order valence-corrected chi connectivity index (χ0v) is 8.70. The van der Waals surface area contributed by atoms with Gasteiger partial charge in [0.1, 0.15) is 5.69 Å². The van der Waals surface area contributed by atoms with Crippen LogP contribution in [0.2, 0.25) is 0 Å².